The summed E-state index contributed by atoms with van der Waals surface area (Å²) in [5.74, 6) is 0.563. The number of likely N-dealkylation sites (N-methyl/N-ethyl adjacent to an activating group) is 1. The second-order valence-corrected chi connectivity index (χ2v) is 8.18. The van der Waals surface area contributed by atoms with Crippen molar-refractivity contribution in [3.05, 3.63) is 59.9 Å². The molecule has 2 N–H and O–H groups in total. The van der Waals surface area contributed by atoms with Gasteiger partial charge in [0.15, 0.2) is 0 Å². The van der Waals surface area contributed by atoms with Crippen LogP contribution in [0.2, 0.25) is 0 Å². The molecule has 1 heterocycles. The molecule has 6 nitrogen and oxygen atoms in total. The average Bonchev–Trinajstić information content (AvgIpc) is 3.37. The minimum Gasteiger partial charge on any atom is -0.345 e. The van der Waals surface area contributed by atoms with Gasteiger partial charge in [-0.1, -0.05) is 12.1 Å². The molecule has 9 heteroatoms. The number of halogens is 3. The molecule has 1 aliphatic carbocycles. The Balaban J connectivity index is 1.30. The van der Waals surface area contributed by atoms with Gasteiger partial charge in [0.05, 0.1) is 16.6 Å². The standard InChI is InChI=1S/C23H23F3N4O2/c1-13(22(32)30(2)16-9-7-15(8-10-16)23(24,25)26)27-20(31)12-14-11-17(14)21-28-18-5-3-4-6-19(18)29-21/h3-10,13-14,17H,11-12H2,1-2H3,(H,27,31)(H,28,29)/t13-,14-,17-/m0/s1. The minimum absolute atomic E-state index is 0.158. The number of alkyl halides is 3. The van der Waals surface area contributed by atoms with E-state index < -0.39 is 23.7 Å². The van der Waals surface area contributed by atoms with E-state index in [1.54, 1.807) is 6.92 Å². The van der Waals surface area contributed by atoms with Crippen molar-refractivity contribution in [1.82, 2.24) is 15.3 Å². The SMILES string of the molecule is C[C@H](NC(=O)C[C@@H]1C[C@@H]1c1nc2ccccc2[nH]1)C(=O)N(C)c1ccc(C(F)(F)F)cc1. The molecule has 1 aliphatic rings. The number of anilines is 1. The van der Waals surface area contributed by atoms with Crippen molar-refractivity contribution in [2.24, 2.45) is 5.92 Å². The number of rotatable bonds is 6. The van der Waals surface area contributed by atoms with Gasteiger partial charge >= 0.3 is 6.18 Å². The van der Waals surface area contributed by atoms with Crippen LogP contribution in [0.4, 0.5) is 18.9 Å². The van der Waals surface area contributed by atoms with Crippen molar-refractivity contribution in [3.8, 4) is 0 Å². The molecule has 4 rings (SSSR count). The lowest BCUT2D eigenvalue weighted by Gasteiger charge is -2.22. The van der Waals surface area contributed by atoms with Crippen molar-refractivity contribution in [2.75, 3.05) is 11.9 Å². The van der Waals surface area contributed by atoms with Crippen LogP contribution < -0.4 is 10.2 Å². The fourth-order valence-corrected chi connectivity index (χ4v) is 3.85. The highest BCUT2D eigenvalue weighted by molar-refractivity contribution is 5.98. The second-order valence-electron chi connectivity index (χ2n) is 8.18. The molecule has 0 unspecified atom stereocenters. The molecule has 1 aromatic heterocycles. The minimum atomic E-state index is -4.44. The highest BCUT2D eigenvalue weighted by atomic mass is 19.4. The van der Waals surface area contributed by atoms with Crippen LogP contribution in [0.3, 0.4) is 0 Å². The zero-order valence-corrected chi connectivity index (χ0v) is 17.6. The summed E-state index contributed by atoms with van der Waals surface area (Å²) < 4.78 is 38.1. The van der Waals surface area contributed by atoms with Gasteiger partial charge in [-0.05, 0) is 55.7 Å². The van der Waals surface area contributed by atoms with Crippen LogP contribution in [0, 0.1) is 5.92 Å². The quantitative estimate of drug-likeness (QED) is 0.597. The largest absolute Gasteiger partial charge is 0.416 e. The molecule has 0 radical (unpaired) electrons. The molecule has 3 atom stereocenters. The lowest BCUT2D eigenvalue weighted by molar-refractivity contribution is -0.137. The van der Waals surface area contributed by atoms with Crippen molar-refractivity contribution >= 4 is 28.5 Å². The Morgan fingerprint density at radius 2 is 1.88 bits per heavy atom. The maximum atomic E-state index is 12.7. The van der Waals surface area contributed by atoms with Crippen LogP contribution >= 0.6 is 0 Å². The molecule has 3 aromatic rings. The number of hydrogen-bond acceptors (Lipinski definition) is 3. The molecule has 0 aliphatic heterocycles. The first kappa shape index (κ1) is 21.9. The smallest absolute Gasteiger partial charge is 0.345 e. The Labute approximate surface area is 182 Å². The number of nitrogens with zero attached hydrogens (tertiary/aromatic N) is 2. The molecule has 0 spiro atoms. The molecule has 168 valence electrons. The molecule has 32 heavy (non-hydrogen) atoms. The molecule has 0 bridgehead atoms. The number of carbonyl (C=O) groups excluding carboxylic acids is 2. The summed E-state index contributed by atoms with van der Waals surface area (Å²) in [6.07, 6.45) is -3.31. The van der Waals surface area contributed by atoms with Gasteiger partial charge in [-0.3, -0.25) is 9.59 Å². The Bertz CT molecular complexity index is 1110. The van der Waals surface area contributed by atoms with E-state index in [9.17, 15) is 22.8 Å². The molecular formula is C23H23F3N4O2. The molecule has 1 saturated carbocycles. The lowest BCUT2D eigenvalue weighted by atomic mass is 10.1. The first-order chi connectivity index (χ1) is 15.1. The number of imidazole rings is 1. The number of aromatic amines is 1. The van der Waals surface area contributed by atoms with E-state index in [1.807, 2.05) is 24.3 Å². The summed E-state index contributed by atoms with van der Waals surface area (Å²) in [4.78, 5) is 34.2. The third kappa shape index (κ3) is 4.61. The lowest BCUT2D eigenvalue weighted by Crippen LogP contribution is -2.45. The molecule has 2 amide bonds. The van der Waals surface area contributed by atoms with E-state index in [-0.39, 0.29) is 24.2 Å². The Kier molecular flexibility index (Phi) is 5.66. The zero-order valence-electron chi connectivity index (χ0n) is 17.6. The number of nitrogens with one attached hydrogen (secondary N) is 2. The maximum Gasteiger partial charge on any atom is 0.416 e. The predicted octanol–water partition coefficient (Wildman–Crippen LogP) is 4.24. The van der Waals surface area contributed by atoms with Crippen molar-refractivity contribution in [3.63, 3.8) is 0 Å². The van der Waals surface area contributed by atoms with Gasteiger partial charge < -0.3 is 15.2 Å². The third-order valence-electron chi connectivity index (χ3n) is 5.79. The molecule has 0 saturated heterocycles. The first-order valence-electron chi connectivity index (χ1n) is 10.3. The topological polar surface area (TPSA) is 78.1 Å². The van der Waals surface area contributed by atoms with E-state index in [0.29, 0.717) is 5.69 Å². The van der Waals surface area contributed by atoms with Gasteiger partial charge in [0, 0.05) is 25.1 Å². The summed E-state index contributed by atoms with van der Waals surface area (Å²) in [5.41, 5.74) is 1.38. The van der Waals surface area contributed by atoms with Gasteiger partial charge in [0.1, 0.15) is 11.9 Å². The van der Waals surface area contributed by atoms with E-state index in [1.165, 1.54) is 24.1 Å². The number of fused-ring (bicyclic) bond motifs is 1. The van der Waals surface area contributed by atoms with Gasteiger partial charge in [0.25, 0.3) is 0 Å². The molecule has 1 fully saturated rings. The van der Waals surface area contributed by atoms with Crippen molar-refractivity contribution < 1.29 is 22.8 Å². The van der Waals surface area contributed by atoms with Crippen LogP contribution in [-0.4, -0.2) is 34.9 Å². The van der Waals surface area contributed by atoms with E-state index in [2.05, 4.69) is 15.3 Å². The Hall–Kier alpha value is -3.36. The van der Waals surface area contributed by atoms with Gasteiger partial charge in [0.2, 0.25) is 11.8 Å². The third-order valence-corrected chi connectivity index (χ3v) is 5.79. The number of benzene rings is 2. The number of para-hydroxylation sites is 2. The van der Waals surface area contributed by atoms with Gasteiger partial charge in [-0.2, -0.15) is 13.2 Å². The molecule has 2 aromatic carbocycles. The Morgan fingerprint density at radius 1 is 1.19 bits per heavy atom. The Morgan fingerprint density at radius 3 is 2.53 bits per heavy atom. The van der Waals surface area contributed by atoms with Crippen LogP contribution in [-0.2, 0) is 15.8 Å². The van der Waals surface area contributed by atoms with E-state index in [4.69, 9.17) is 0 Å². The van der Waals surface area contributed by atoms with Gasteiger partial charge in [-0.15, -0.1) is 0 Å². The van der Waals surface area contributed by atoms with E-state index >= 15 is 0 Å². The highest BCUT2D eigenvalue weighted by Crippen LogP contribution is 2.48. The highest BCUT2D eigenvalue weighted by Gasteiger charge is 2.42. The maximum absolute atomic E-state index is 12.7. The summed E-state index contributed by atoms with van der Waals surface area (Å²) in [6.45, 7) is 1.56. The second kappa shape index (κ2) is 8.29. The van der Waals surface area contributed by atoms with Crippen molar-refractivity contribution in [2.45, 2.75) is 37.9 Å². The fraction of sp³-hybridized carbons (Fsp3) is 0.348. The van der Waals surface area contributed by atoms with Crippen LogP contribution in [0.15, 0.2) is 48.5 Å². The number of carbonyl (C=O) groups is 2. The fourth-order valence-electron chi connectivity index (χ4n) is 3.85. The van der Waals surface area contributed by atoms with Crippen molar-refractivity contribution in [1.29, 1.82) is 0 Å². The number of amides is 2. The summed E-state index contributed by atoms with van der Waals surface area (Å²) in [7, 11) is 1.46. The summed E-state index contributed by atoms with van der Waals surface area (Å²) in [6, 6.07) is 11.2. The van der Waals surface area contributed by atoms with Crippen LogP contribution in [0.5, 0.6) is 0 Å². The van der Waals surface area contributed by atoms with Gasteiger partial charge in [-0.25, -0.2) is 4.98 Å². The van der Waals surface area contributed by atoms with E-state index in [0.717, 1.165) is 35.4 Å². The van der Waals surface area contributed by atoms with Crippen LogP contribution in [0.1, 0.15) is 37.1 Å². The molecular weight excluding hydrogens is 421 g/mol. The van der Waals surface area contributed by atoms with Crippen LogP contribution in [0.25, 0.3) is 11.0 Å². The summed E-state index contributed by atoms with van der Waals surface area (Å²) in [5, 5.41) is 2.70. The predicted molar refractivity (Wildman–Crippen MR) is 114 cm³/mol. The monoisotopic (exact) mass is 444 g/mol. The zero-order chi connectivity index (χ0) is 23.0. The number of aromatic nitrogens is 2. The first-order valence-corrected chi connectivity index (χ1v) is 10.3. The average molecular weight is 444 g/mol. The number of H-pyrrole nitrogens is 1. The summed E-state index contributed by atoms with van der Waals surface area (Å²) >= 11 is 0. The number of hydrogen-bond donors (Lipinski definition) is 2. The normalized spacial score (nSPS) is 18.9.